The molecule has 1 heterocycles. The summed E-state index contributed by atoms with van der Waals surface area (Å²) in [5.74, 6) is -0.119. The van der Waals surface area contributed by atoms with Crippen molar-refractivity contribution in [3.05, 3.63) is 54.4 Å². The van der Waals surface area contributed by atoms with E-state index in [9.17, 15) is 4.79 Å². The lowest BCUT2D eigenvalue weighted by molar-refractivity contribution is 0.102. The molecule has 4 heteroatoms. The van der Waals surface area contributed by atoms with Gasteiger partial charge in [-0.3, -0.25) is 9.78 Å². The molecule has 1 N–H and O–H groups in total. The van der Waals surface area contributed by atoms with E-state index in [0.717, 1.165) is 24.5 Å². The number of hydrogen-bond donors (Lipinski definition) is 1. The summed E-state index contributed by atoms with van der Waals surface area (Å²) in [6, 6.07) is 11.3. The summed E-state index contributed by atoms with van der Waals surface area (Å²) in [7, 11) is 0. The second-order valence-corrected chi connectivity index (χ2v) is 4.38. The Morgan fingerprint density at radius 1 is 1.10 bits per heavy atom. The quantitative estimate of drug-likeness (QED) is 0.906. The van der Waals surface area contributed by atoms with Gasteiger partial charge in [-0.15, -0.1) is 0 Å². The number of rotatable bonds is 5. The van der Waals surface area contributed by atoms with Crippen molar-refractivity contribution in [2.75, 3.05) is 23.3 Å². The highest BCUT2D eigenvalue weighted by Crippen LogP contribution is 2.25. The topological polar surface area (TPSA) is 45.2 Å². The Kier molecular flexibility index (Phi) is 4.71. The third kappa shape index (κ3) is 3.15. The molecule has 0 unspecified atom stereocenters. The molecule has 0 bridgehead atoms. The van der Waals surface area contributed by atoms with E-state index in [4.69, 9.17) is 0 Å². The van der Waals surface area contributed by atoms with Crippen LogP contribution in [0.1, 0.15) is 24.2 Å². The van der Waals surface area contributed by atoms with Crippen LogP contribution in [-0.2, 0) is 0 Å². The Morgan fingerprint density at radius 3 is 2.40 bits per heavy atom. The second-order valence-electron chi connectivity index (χ2n) is 4.38. The van der Waals surface area contributed by atoms with Crippen LogP contribution in [0.3, 0.4) is 0 Å². The van der Waals surface area contributed by atoms with E-state index >= 15 is 0 Å². The van der Waals surface area contributed by atoms with Gasteiger partial charge in [0.15, 0.2) is 0 Å². The van der Waals surface area contributed by atoms with Crippen LogP contribution < -0.4 is 10.2 Å². The summed E-state index contributed by atoms with van der Waals surface area (Å²) >= 11 is 0. The fourth-order valence-corrected chi connectivity index (χ4v) is 2.12. The Morgan fingerprint density at radius 2 is 1.75 bits per heavy atom. The van der Waals surface area contributed by atoms with E-state index < -0.39 is 0 Å². The average molecular weight is 269 g/mol. The minimum atomic E-state index is -0.119. The number of benzene rings is 1. The van der Waals surface area contributed by atoms with Gasteiger partial charge in [-0.25, -0.2) is 0 Å². The number of carbonyl (C=O) groups excluding carboxylic acids is 1. The van der Waals surface area contributed by atoms with Gasteiger partial charge in [0.2, 0.25) is 0 Å². The van der Waals surface area contributed by atoms with Crippen LogP contribution in [0.2, 0.25) is 0 Å². The minimum absolute atomic E-state index is 0.119. The van der Waals surface area contributed by atoms with Crippen molar-refractivity contribution in [2.45, 2.75) is 13.8 Å². The summed E-state index contributed by atoms with van der Waals surface area (Å²) in [6.07, 6.45) is 3.23. The Bertz CT molecular complexity index is 565. The van der Waals surface area contributed by atoms with E-state index in [-0.39, 0.29) is 5.91 Å². The first-order chi connectivity index (χ1) is 9.76. The van der Waals surface area contributed by atoms with Crippen molar-refractivity contribution in [1.82, 2.24) is 4.98 Å². The van der Waals surface area contributed by atoms with Crippen LogP contribution in [0.25, 0.3) is 0 Å². The first kappa shape index (κ1) is 14.1. The van der Waals surface area contributed by atoms with Gasteiger partial charge < -0.3 is 10.2 Å². The van der Waals surface area contributed by atoms with E-state index in [1.807, 2.05) is 24.3 Å². The van der Waals surface area contributed by atoms with Crippen LogP contribution in [0.4, 0.5) is 11.4 Å². The van der Waals surface area contributed by atoms with Crippen LogP contribution in [0.15, 0.2) is 48.8 Å². The van der Waals surface area contributed by atoms with Gasteiger partial charge in [0, 0.05) is 31.0 Å². The third-order valence-electron chi connectivity index (χ3n) is 3.20. The molecule has 0 saturated heterocycles. The molecule has 1 amide bonds. The molecule has 20 heavy (non-hydrogen) atoms. The van der Waals surface area contributed by atoms with E-state index in [1.165, 1.54) is 0 Å². The van der Waals surface area contributed by atoms with Gasteiger partial charge in [0.25, 0.3) is 5.91 Å². The molecule has 0 saturated carbocycles. The average Bonchev–Trinajstić information content (AvgIpc) is 2.51. The number of anilines is 2. The summed E-state index contributed by atoms with van der Waals surface area (Å²) < 4.78 is 0. The van der Waals surface area contributed by atoms with Crippen molar-refractivity contribution in [1.29, 1.82) is 0 Å². The number of carbonyl (C=O) groups is 1. The molecule has 1 aromatic heterocycles. The minimum Gasteiger partial charge on any atom is -0.370 e. The molecule has 1 aromatic carbocycles. The number of pyridine rings is 1. The summed E-state index contributed by atoms with van der Waals surface area (Å²) in [5, 5.41) is 2.97. The molecule has 0 fully saturated rings. The lowest BCUT2D eigenvalue weighted by Crippen LogP contribution is -2.24. The Labute approximate surface area is 119 Å². The maximum Gasteiger partial charge on any atom is 0.255 e. The van der Waals surface area contributed by atoms with Crippen molar-refractivity contribution < 1.29 is 4.79 Å². The molecule has 0 radical (unpaired) electrons. The van der Waals surface area contributed by atoms with Crippen molar-refractivity contribution in [3.63, 3.8) is 0 Å². The normalized spacial score (nSPS) is 10.1. The third-order valence-corrected chi connectivity index (χ3v) is 3.20. The monoisotopic (exact) mass is 269 g/mol. The molecule has 2 aromatic rings. The smallest absolute Gasteiger partial charge is 0.255 e. The van der Waals surface area contributed by atoms with Gasteiger partial charge in [-0.1, -0.05) is 12.1 Å². The SMILES string of the molecule is CCN(CC)c1ccccc1NC(=O)c1ccncc1. The molecule has 2 rings (SSSR count). The molecule has 0 aliphatic heterocycles. The maximum atomic E-state index is 12.2. The van der Waals surface area contributed by atoms with Gasteiger partial charge in [-0.2, -0.15) is 0 Å². The number of aromatic nitrogens is 1. The first-order valence-electron chi connectivity index (χ1n) is 6.81. The first-order valence-corrected chi connectivity index (χ1v) is 6.81. The predicted molar refractivity (Wildman–Crippen MR) is 82.2 cm³/mol. The zero-order chi connectivity index (χ0) is 14.4. The summed E-state index contributed by atoms with van der Waals surface area (Å²) in [6.45, 7) is 6.01. The molecule has 104 valence electrons. The van der Waals surface area contributed by atoms with E-state index in [0.29, 0.717) is 5.56 Å². The van der Waals surface area contributed by atoms with E-state index in [2.05, 4.69) is 29.0 Å². The molecule has 4 nitrogen and oxygen atoms in total. The van der Waals surface area contributed by atoms with Crippen LogP contribution >= 0.6 is 0 Å². The Hall–Kier alpha value is -2.36. The van der Waals surface area contributed by atoms with Gasteiger partial charge in [0.1, 0.15) is 0 Å². The van der Waals surface area contributed by atoms with Crippen LogP contribution in [0.5, 0.6) is 0 Å². The van der Waals surface area contributed by atoms with Crippen LogP contribution in [-0.4, -0.2) is 24.0 Å². The molecular weight excluding hydrogens is 250 g/mol. The largest absolute Gasteiger partial charge is 0.370 e. The number of hydrogen-bond acceptors (Lipinski definition) is 3. The Balaban J connectivity index is 2.23. The van der Waals surface area contributed by atoms with Crippen molar-refractivity contribution in [3.8, 4) is 0 Å². The van der Waals surface area contributed by atoms with Crippen molar-refractivity contribution in [2.24, 2.45) is 0 Å². The van der Waals surface area contributed by atoms with Crippen LogP contribution in [0, 0.1) is 0 Å². The lowest BCUT2D eigenvalue weighted by Gasteiger charge is -2.24. The standard InChI is InChI=1S/C16H19N3O/c1-3-19(4-2)15-8-6-5-7-14(15)18-16(20)13-9-11-17-12-10-13/h5-12H,3-4H2,1-2H3,(H,18,20). The number of para-hydroxylation sites is 2. The predicted octanol–water partition coefficient (Wildman–Crippen LogP) is 3.18. The molecule has 0 aliphatic carbocycles. The number of amides is 1. The maximum absolute atomic E-state index is 12.2. The highest BCUT2D eigenvalue weighted by Gasteiger charge is 2.11. The fourth-order valence-electron chi connectivity index (χ4n) is 2.12. The second kappa shape index (κ2) is 6.70. The molecule has 0 atom stereocenters. The zero-order valence-corrected chi connectivity index (χ0v) is 11.8. The molecule has 0 spiro atoms. The highest BCUT2D eigenvalue weighted by molar-refractivity contribution is 6.05. The van der Waals surface area contributed by atoms with E-state index in [1.54, 1.807) is 24.5 Å². The van der Waals surface area contributed by atoms with Gasteiger partial charge in [0.05, 0.1) is 11.4 Å². The number of nitrogens with zero attached hydrogens (tertiary/aromatic N) is 2. The molecular formula is C16H19N3O. The fraction of sp³-hybridized carbons (Fsp3) is 0.250. The molecule has 0 aliphatic rings. The zero-order valence-electron chi connectivity index (χ0n) is 11.8. The summed E-state index contributed by atoms with van der Waals surface area (Å²) in [4.78, 5) is 18.3. The number of nitrogens with one attached hydrogen (secondary N) is 1. The van der Waals surface area contributed by atoms with Gasteiger partial charge in [-0.05, 0) is 38.1 Å². The van der Waals surface area contributed by atoms with Crippen molar-refractivity contribution >= 4 is 17.3 Å². The lowest BCUT2D eigenvalue weighted by atomic mass is 10.2. The van der Waals surface area contributed by atoms with Gasteiger partial charge >= 0.3 is 0 Å². The summed E-state index contributed by atoms with van der Waals surface area (Å²) in [5.41, 5.74) is 2.48. The highest BCUT2D eigenvalue weighted by atomic mass is 16.1.